The third-order valence-electron chi connectivity index (χ3n) is 2.78. The molecule has 1 saturated heterocycles. The van der Waals surface area contributed by atoms with Crippen LogP contribution in [0.1, 0.15) is 18.4 Å². The number of likely N-dealkylation sites (N-methyl/N-ethyl adjacent to an activating group) is 1. The summed E-state index contributed by atoms with van der Waals surface area (Å²) in [7, 11) is 2.01. The molecule has 0 bridgehead atoms. The van der Waals surface area contributed by atoms with Gasteiger partial charge in [0, 0.05) is 32.0 Å². The van der Waals surface area contributed by atoms with Gasteiger partial charge in [-0.3, -0.25) is 0 Å². The summed E-state index contributed by atoms with van der Waals surface area (Å²) in [6.07, 6.45) is 4.35. The third kappa shape index (κ3) is 2.62. The van der Waals surface area contributed by atoms with Gasteiger partial charge in [0.2, 0.25) is 5.28 Å². The molecule has 2 rings (SSSR count). The molecule has 1 unspecified atom stereocenters. The number of rotatable bonds is 3. The van der Waals surface area contributed by atoms with E-state index in [4.69, 9.17) is 16.3 Å². The van der Waals surface area contributed by atoms with Crippen LogP contribution in [0.2, 0.25) is 5.28 Å². The Morgan fingerprint density at radius 1 is 1.62 bits per heavy atom. The number of hydrogen-bond donors (Lipinski definition) is 0. The molecule has 1 aromatic heterocycles. The average Bonchev–Trinajstić information content (AvgIpc) is 2.74. The molecule has 0 radical (unpaired) electrons. The fraction of sp³-hybridized carbons (Fsp3) is 0.636. The lowest BCUT2D eigenvalue weighted by atomic mass is 10.2. The number of ether oxygens (including phenoxy) is 1. The predicted octanol–water partition coefficient (Wildman–Crippen LogP) is 2.05. The molecule has 1 atom stereocenters. The van der Waals surface area contributed by atoms with Gasteiger partial charge in [0.15, 0.2) is 0 Å². The number of aryl methyl sites for hydroxylation is 1. The van der Waals surface area contributed by atoms with Crippen LogP contribution in [0.5, 0.6) is 0 Å². The fourth-order valence-electron chi connectivity index (χ4n) is 1.98. The van der Waals surface area contributed by atoms with Crippen LogP contribution in [-0.2, 0) is 4.74 Å². The first-order valence-electron chi connectivity index (χ1n) is 5.48. The molecular weight excluding hydrogens is 226 g/mol. The van der Waals surface area contributed by atoms with E-state index in [-0.39, 0.29) is 0 Å². The van der Waals surface area contributed by atoms with E-state index in [1.54, 1.807) is 6.20 Å². The second kappa shape index (κ2) is 4.97. The van der Waals surface area contributed by atoms with E-state index >= 15 is 0 Å². The monoisotopic (exact) mass is 241 g/mol. The summed E-state index contributed by atoms with van der Waals surface area (Å²) in [5, 5.41) is 0.291. The lowest BCUT2D eigenvalue weighted by Gasteiger charge is -2.22. The van der Waals surface area contributed by atoms with E-state index in [1.165, 1.54) is 0 Å². The SMILES string of the molecule is Cc1cnc(Cl)nc1N(C)CC1CCCO1. The predicted molar refractivity (Wildman–Crippen MR) is 64.0 cm³/mol. The van der Waals surface area contributed by atoms with Crippen molar-refractivity contribution in [2.75, 3.05) is 25.1 Å². The van der Waals surface area contributed by atoms with Gasteiger partial charge in [-0.25, -0.2) is 9.97 Å². The molecule has 1 aliphatic rings. The first-order chi connectivity index (χ1) is 7.66. The van der Waals surface area contributed by atoms with Crippen molar-refractivity contribution in [2.24, 2.45) is 0 Å². The van der Waals surface area contributed by atoms with Crippen molar-refractivity contribution in [2.45, 2.75) is 25.9 Å². The van der Waals surface area contributed by atoms with Crippen LogP contribution >= 0.6 is 11.6 Å². The highest BCUT2D eigenvalue weighted by molar-refractivity contribution is 6.28. The highest BCUT2D eigenvalue weighted by Crippen LogP contribution is 2.20. The van der Waals surface area contributed by atoms with E-state index < -0.39 is 0 Å². The maximum Gasteiger partial charge on any atom is 0.224 e. The van der Waals surface area contributed by atoms with Crippen LogP contribution in [0, 0.1) is 6.92 Å². The molecule has 0 amide bonds. The summed E-state index contributed by atoms with van der Waals surface area (Å²) in [4.78, 5) is 10.3. The lowest BCUT2D eigenvalue weighted by molar-refractivity contribution is 0.116. The average molecular weight is 242 g/mol. The zero-order valence-corrected chi connectivity index (χ0v) is 10.4. The van der Waals surface area contributed by atoms with E-state index in [2.05, 4.69) is 14.9 Å². The van der Waals surface area contributed by atoms with Crippen molar-refractivity contribution >= 4 is 17.4 Å². The van der Waals surface area contributed by atoms with Gasteiger partial charge in [0.05, 0.1) is 6.10 Å². The maximum absolute atomic E-state index is 5.80. The Morgan fingerprint density at radius 2 is 2.44 bits per heavy atom. The van der Waals surface area contributed by atoms with Crippen LogP contribution in [0.4, 0.5) is 5.82 Å². The van der Waals surface area contributed by atoms with Crippen molar-refractivity contribution in [1.29, 1.82) is 0 Å². The Balaban J connectivity index is 2.07. The minimum Gasteiger partial charge on any atom is -0.376 e. The van der Waals surface area contributed by atoms with Gasteiger partial charge < -0.3 is 9.64 Å². The molecule has 1 aromatic rings. The summed E-state index contributed by atoms with van der Waals surface area (Å²) >= 11 is 5.80. The van der Waals surface area contributed by atoms with Crippen LogP contribution in [-0.4, -0.2) is 36.3 Å². The van der Waals surface area contributed by atoms with Crippen LogP contribution in [0.25, 0.3) is 0 Å². The van der Waals surface area contributed by atoms with Gasteiger partial charge in [-0.15, -0.1) is 0 Å². The topological polar surface area (TPSA) is 38.2 Å². The van der Waals surface area contributed by atoms with Crippen LogP contribution < -0.4 is 4.90 Å². The van der Waals surface area contributed by atoms with Crippen LogP contribution in [0.15, 0.2) is 6.20 Å². The minimum absolute atomic E-state index is 0.291. The van der Waals surface area contributed by atoms with Gasteiger partial charge in [-0.1, -0.05) is 0 Å². The van der Waals surface area contributed by atoms with Gasteiger partial charge in [0.25, 0.3) is 0 Å². The number of hydrogen-bond acceptors (Lipinski definition) is 4. The molecular formula is C11H16ClN3O. The molecule has 0 spiro atoms. The van der Waals surface area contributed by atoms with Crippen molar-refractivity contribution in [3.05, 3.63) is 17.0 Å². The van der Waals surface area contributed by atoms with Crippen molar-refractivity contribution in [1.82, 2.24) is 9.97 Å². The van der Waals surface area contributed by atoms with Crippen molar-refractivity contribution in [3.8, 4) is 0 Å². The summed E-state index contributed by atoms with van der Waals surface area (Å²) < 4.78 is 5.60. The number of halogens is 1. The number of aromatic nitrogens is 2. The third-order valence-corrected chi connectivity index (χ3v) is 2.96. The van der Waals surface area contributed by atoms with Gasteiger partial charge >= 0.3 is 0 Å². The molecule has 4 nitrogen and oxygen atoms in total. The molecule has 0 saturated carbocycles. The lowest BCUT2D eigenvalue weighted by Crippen LogP contribution is -2.29. The minimum atomic E-state index is 0.291. The zero-order valence-electron chi connectivity index (χ0n) is 9.61. The molecule has 88 valence electrons. The Kier molecular flexibility index (Phi) is 3.61. The Bertz CT molecular complexity index is 366. The quantitative estimate of drug-likeness (QED) is 0.760. The maximum atomic E-state index is 5.80. The summed E-state index contributed by atoms with van der Waals surface area (Å²) in [5.74, 6) is 0.885. The smallest absolute Gasteiger partial charge is 0.224 e. The molecule has 5 heteroatoms. The standard InChI is InChI=1S/C11H16ClN3O/c1-8-6-13-11(12)14-10(8)15(2)7-9-4-3-5-16-9/h6,9H,3-5,7H2,1-2H3. The van der Waals surface area contributed by atoms with E-state index in [0.29, 0.717) is 11.4 Å². The highest BCUT2D eigenvalue weighted by Gasteiger charge is 2.19. The van der Waals surface area contributed by atoms with Gasteiger partial charge in [-0.2, -0.15) is 0 Å². The summed E-state index contributed by atoms with van der Waals surface area (Å²) in [6.45, 7) is 3.72. The second-order valence-electron chi connectivity index (χ2n) is 4.16. The second-order valence-corrected chi connectivity index (χ2v) is 4.50. The summed E-state index contributed by atoms with van der Waals surface area (Å²) in [6, 6.07) is 0. The molecule has 0 aliphatic carbocycles. The molecule has 2 heterocycles. The van der Waals surface area contributed by atoms with E-state index in [9.17, 15) is 0 Å². The zero-order chi connectivity index (χ0) is 11.5. The van der Waals surface area contributed by atoms with Crippen LogP contribution in [0.3, 0.4) is 0 Å². The highest BCUT2D eigenvalue weighted by atomic mass is 35.5. The summed E-state index contributed by atoms with van der Waals surface area (Å²) in [5.41, 5.74) is 1.03. The fourth-order valence-corrected chi connectivity index (χ4v) is 2.11. The first kappa shape index (κ1) is 11.6. The molecule has 0 aromatic carbocycles. The normalized spacial score (nSPS) is 20.1. The number of anilines is 1. The van der Waals surface area contributed by atoms with Crippen molar-refractivity contribution < 1.29 is 4.74 Å². The largest absolute Gasteiger partial charge is 0.376 e. The number of nitrogens with zero attached hydrogens (tertiary/aromatic N) is 3. The Labute approximate surface area is 101 Å². The van der Waals surface area contributed by atoms with E-state index in [0.717, 1.165) is 37.4 Å². The molecule has 1 fully saturated rings. The molecule has 0 N–H and O–H groups in total. The molecule has 1 aliphatic heterocycles. The van der Waals surface area contributed by atoms with Crippen molar-refractivity contribution in [3.63, 3.8) is 0 Å². The van der Waals surface area contributed by atoms with Gasteiger partial charge in [0.1, 0.15) is 5.82 Å². The first-order valence-corrected chi connectivity index (χ1v) is 5.86. The van der Waals surface area contributed by atoms with E-state index in [1.807, 2.05) is 14.0 Å². The molecule has 16 heavy (non-hydrogen) atoms. The van der Waals surface area contributed by atoms with Gasteiger partial charge in [-0.05, 0) is 31.4 Å². The Morgan fingerprint density at radius 3 is 3.12 bits per heavy atom. The Hall–Kier alpha value is -0.870.